The number of esters is 1. The Balaban J connectivity index is 2.61. The van der Waals surface area contributed by atoms with Crippen molar-refractivity contribution >= 4 is 5.97 Å². The summed E-state index contributed by atoms with van der Waals surface area (Å²) in [6.45, 7) is 10.0. The van der Waals surface area contributed by atoms with Gasteiger partial charge in [0, 0.05) is 4.92 Å². The predicted molar refractivity (Wildman–Crippen MR) is 122 cm³/mol. The molecule has 0 spiro atoms. The Labute approximate surface area is 195 Å². The predicted octanol–water partition coefficient (Wildman–Crippen LogP) is 3.72. The third-order valence-electron chi connectivity index (χ3n) is 5.88. The molecule has 1 aliphatic heterocycles. The summed E-state index contributed by atoms with van der Waals surface area (Å²) in [6, 6.07) is 11.0. The molecule has 0 aliphatic carbocycles. The molecule has 0 saturated carbocycles. The van der Waals surface area contributed by atoms with Crippen molar-refractivity contribution in [1.82, 2.24) is 4.90 Å². The van der Waals surface area contributed by atoms with Gasteiger partial charge in [0.05, 0.1) is 24.6 Å². The lowest BCUT2D eigenvalue weighted by Crippen LogP contribution is -2.66. The maximum atomic E-state index is 13.6. The monoisotopic (exact) mass is 461 g/mol. The lowest BCUT2D eigenvalue weighted by molar-refractivity contribution is -0.490. The number of hydrogen-bond acceptors (Lipinski definition) is 8. The second kappa shape index (κ2) is 10.2. The molecule has 1 aromatic carbocycles. The van der Waals surface area contributed by atoms with E-state index in [0.29, 0.717) is 0 Å². The highest BCUT2D eigenvalue weighted by Crippen LogP contribution is 2.40. The standard InChI is InChI=1S/C24H35N3O6/c1-8-18(14-27(29)30)24(16-25,21(28)33-22(2,3)4)26(7)19-15-31-23(5,6)32-20(19)17-12-10-9-11-13-17/h9-13,18-20H,8,14-15H2,1-7H3/t18-,19-,20-,24+/m0/s1. The smallest absolute Gasteiger partial charge is 0.342 e. The van der Waals surface area contributed by atoms with Crippen molar-refractivity contribution in [2.75, 3.05) is 20.2 Å². The van der Waals surface area contributed by atoms with E-state index in [1.165, 1.54) is 0 Å². The van der Waals surface area contributed by atoms with Gasteiger partial charge < -0.3 is 14.2 Å². The number of likely N-dealkylation sites (N-methyl/N-ethyl adjacent to an activating group) is 1. The van der Waals surface area contributed by atoms with Gasteiger partial charge in [0.15, 0.2) is 5.79 Å². The van der Waals surface area contributed by atoms with Gasteiger partial charge in [0.1, 0.15) is 11.7 Å². The molecule has 1 fully saturated rings. The van der Waals surface area contributed by atoms with Gasteiger partial charge in [-0.2, -0.15) is 5.26 Å². The molecule has 2 rings (SSSR count). The molecule has 0 amide bonds. The minimum atomic E-state index is -1.92. The molecule has 1 aliphatic rings. The average molecular weight is 462 g/mol. The number of benzene rings is 1. The topological polar surface area (TPSA) is 115 Å². The van der Waals surface area contributed by atoms with Crippen LogP contribution in [0.3, 0.4) is 0 Å². The fourth-order valence-corrected chi connectivity index (χ4v) is 4.21. The van der Waals surface area contributed by atoms with Gasteiger partial charge in [-0.25, -0.2) is 4.79 Å². The number of nitriles is 1. The minimum absolute atomic E-state index is 0.157. The zero-order valence-corrected chi connectivity index (χ0v) is 20.5. The average Bonchev–Trinajstić information content (AvgIpc) is 2.72. The molecule has 1 heterocycles. The van der Waals surface area contributed by atoms with Crippen LogP contribution in [0.15, 0.2) is 30.3 Å². The van der Waals surface area contributed by atoms with Crippen molar-refractivity contribution in [2.24, 2.45) is 5.92 Å². The van der Waals surface area contributed by atoms with E-state index >= 15 is 0 Å². The first kappa shape index (κ1) is 26.7. The molecule has 0 N–H and O–H groups in total. The molecule has 0 aromatic heterocycles. The van der Waals surface area contributed by atoms with Gasteiger partial charge in [-0.15, -0.1) is 0 Å². The van der Waals surface area contributed by atoms with E-state index < -0.39 is 52.4 Å². The van der Waals surface area contributed by atoms with Gasteiger partial charge in [-0.1, -0.05) is 37.3 Å². The molecule has 4 atom stereocenters. The molecule has 0 radical (unpaired) electrons. The number of nitro groups is 1. The first-order valence-corrected chi connectivity index (χ1v) is 11.1. The van der Waals surface area contributed by atoms with Gasteiger partial charge in [0.25, 0.3) is 0 Å². The van der Waals surface area contributed by atoms with Gasteiger partial charge in [0.2, 0.25) is 12.1 Å². The van der Waals surface area contributed by atoms with Gasteiger partial charge >= 0.3 is 5.97 Å². The summed E-state index contributed by atoms with van der Waals surface area (Å²) in [6.07, 6.45) is -0.308. The van der Waals surface area contributed by atoms with Crippen molar-refractivity contribution in [3.63, 3.8) is 0 Å². The first-order valence-electron chi connectivity index (χ1n) is 11.1. The van der Waals surface area contributed by atoms with Crippen molar-refractivity contribution in [1.29, 1.82) is 5.26 Å². The lowest BCUT2D eigenvalue weighted by Gasteiger charge is -2.49. The normalized spacial score (nSPS) is 23.2. The quantitative estimate of drug-likeness (QED) is 0.327. The maximum absolute atomic E-state index is 13.6. The van der Waals surface area contributed by atoms with Crippen LogP contribution in [-0.2, 0) is 19.0 Å². The van der Waals surface area contributed by atoms with E-state index in [1.54, 1.807) is 53.5 Å². The van der Waals surface area contributed by atoms with E-state index in [2.05, 4.69) is 6.07 Å². The van der Waals surface area contributed by atoms with Crippen LogP contribution in [0.4, 0.5) is 0 Å². The molecule has 9 heteroatoms. The fraction of sp³-hybridized carbons (Fsp3) is 0.667. The zero-order valence-electron chi connectivity index (χ0n) is 20.5. The summed E-state index contributed by atoms with van der Waals surface area (Å²) in [7, 11) is 1.61. The minimum Gasteiger partial charge on any atom is -0.458 e. The summed E-state index contributed by atoms with van der Waals surface area (Å²) in [5, 5.41) is 21.9. The van der Waals surface area contributed by atoms with Crippen LogP contribution in [0, 0.1) is 27.4 Å². The van der Waals surface area contributed by atoms with E-state index in [1.807, 2.05) is 30.3 Å². The van der Waals surface area contributed by atoms with Crippen LogP contribution < -0.4 is 0 Å². The second-order valence-corrected chi connectivity index (χ2v) is 9.84. The second-order valence-electron chi connectivity index (χ2n) is 9.84. The Morgan fingerprint density at radius 3 is 2.45 bits per heavy atom. The van der Waals surface area contributed by atoms with Crippen molar-refractivity contribution in [3.05, 3.63) is 46.0 Å². The van der Waals surface area contributed by atoms with Crippen molar-refractivity contribution < 1.29 is 23.9 Å². The van der Waals surface area contributed by atoms with Crippen molar-refractivity contribution in [3.8, 4) is 6.07 Å². The van der Waals surface area contributed by atoms with Crippen LogP contribution in [0.5, 0.6) is 0 Å². The number of nitrogens with zero attached hydrogens (tertiary/aromatic N) is 3. The van der Waals surface area contributed by atoms with E-state index in [9.17, 15) is 20.2 Å². The molecule has 1 saturated heterocycles. The van der Waals surface area contributed by atoms with Crippen LogP contribution in [0.1, 0.15) is 59.6 Å². The largest absolute Gasteiger partial charge is 0.458 e. The van der Waals surface area contributed by atoms with Gasteiger partial charge in [-0.3, -0.25) is 15.0 Å². The van der Waals surface area contributed by atoms with Crippen LogP contribution in [0.2, 0.25) is 0 Å². The molecular formula is C24H35N3O6. The summed E-state index contributed by atoms with van der Waals surface area (Å²) < 4.78 is 17.8. The molecule has 33 heavy (non-hydrogen) atoms. The van der Waals surface area contributed by atoms with E-state index in [4.69, 9.17) is 14.2 Å². The Morgan fingerprint density at radius 1 is 1.36 bits per heavy atom. The molecule has 9 nitrogen and oxygen atoms in total. The number of hydrogen-bond donors (Lipinski definition) is 0. The van der Waals surface area contributed by atoms with Crippen LogP contribution >= 0.6 is 0 Å². The van der Waals surface area contributed by atoms with E-state index in [0.717, 1.165) is 5.56 Å². The Morgan fingerprint density at radius 2 is 1.97 bits per heavy atom. The number of rotatable bonds is 8. The number of ether oxygens (including phenoxy) is 3. The van der Waals surface area contributed by atoms with Crippen LogP contribution in [0.25, 0.3) is 0 Å². The van der Waals surface area contributed by atoms with Crippen LogP contribution in [-0.4, -0.2) is 59.0 Å². The molecule has 0 bridgehead atoms. The first-order chi connectivity index (χ1) is 15.3. The molecule has 182 valence electrons. The fourth-order valence-electron chi connectivity index (χ4n) is 4.21. The molecule has 0 unspecified atom stereocenters. The number of carbonyl (C=O) groups is 1. The summed E-state index contributed by atoms with van der Waals surface area (Å²) >= 11 is 0. The number of carbonyl (C=O) groups excluding carboxylic acids is 1. The molecular weight excluding hydrogens is 426 g/mol. The maximum Gasteiger partial charge on any atom is 0.342 e. The Hall–Kier alpha value is -2.54. The van der Waals surface area contributed by atoms with Crippen molar-refractivity contribution in [2.45, 2.75) is 77.0 Å². The highest BCUT2D eigenvalue weighted by atomic mass is 16.7. The third-order valence-corrected chi connectivity index (χ3v) is 5.88. The highest BCUT2D eigenvalue weighted by molar-refractivity contribution is 5.85. The van der Waals surface area contributed by atoms with Gasteiger partial charge in [-0.05, 0) is 53.7 Å². The Bertz CT molecular complexity index is 876. The lowest BCUT2D eigenvalue weighted by atomic mass is 9.79. The highest BCUT2D eigenvalue weighted by Gasteiger charge is 2.57. The Kier molecular flexibility index (Phi) is 8.22. The van der Waals surface area contributed by atoms with E-state index in [-0.39, 0.29) is 13.0 Å². The summed E-state index contributed by atoms with van der Waals surface area (Å²) in [5.74, 6) is -2.61. The molecule has 1 aromatic rings. The zero-order chi connectivity index (χ0) is 25.0. The summed E-state index contributed by atoms with van der Waals surface area (Å²) in [4.78, 5) is 26.1. The summed E-state index contributed by atoms with van der Waals surface area (Å²) in [5.41, 5.74) is -1.95. The SMILES string of the molecule is CC[C@@H](C[N+](=O)[O-])[C@](C#N)(C(=O)OC(C)(C)C)N(C)[C@H]1COC(C)(C)O[C@H]1c1ccccc1. The third kappa shape index (κ3) is 6.08.